The Morgan fingerprint density at radius 1 is 0.963 bits per heavy atom. The summed E-state index contributed by atoms with van der Waals surface area (Å²) in [5.41, 5.74) is 0.746. The molecule has 0 unspecified atom stereocenters. The van der Waals surface area contributed by atoms with Gasteiger partial charge < -0.3 is 14.9 Å². The molecule has 0 spiro atoms. The third-order valence-corrected chi connectivity index (χ3v) is 5.47. The van der Waals surface area contributed by atoms with Gasteiger partial charge in [-0.15, -0.1) is 0 Å². The number of carbonyl (C=O) groups is 3. The summed E-state index contributed by atoms with van der Waals surface area (Å²) >= 11 is 0. The van der Waals surface area contributed by atoms with E-state index in [9.17, 15) is 23.9 Å². The summed E-state index contributed by atoms with van der Waals surface area (Å²) in [6.45, 7) is 1.82. The van der Waals surface area contributed by atoms with E-state index in [1.165, 1.54) is 12.1 Å². The van der Waals surface area contributed by atoms with Gasteiger partial charge in [0.2, 0.25) is 11.8 Å². The number of amides is 2. The number of likely N-dealkylation sites (tertiary alicyclic amines) is 2. The minimum atomic E-state index is -0.854. The third-order valence-electron chi connectivity index (χ3n) is 5.47. The SMILES string of the molecule is O=C(O)[C@@H]1CCCN(C(=O)[C@H]2CCCN(C(=O)Cc3ccc(F)cc3)C2)C1. The van der Waals surface area contributed by atoms with Crippen LogP contribution in [0, 0.1) is 17.7 Å². The van der Waals surface area contributed by atoms with Gasteiger partial charge in [-0.05, 0) is 43.4 Å². The van der Waals surface area contributed by atoms with Crippen LogP contribution in [0.2, 0.25) is 0 Å². The van der Waals surface area contributed by atoms with Crippen LogP contribution in [0.15, 0.2) is 24.3 Å². The zero-order chi connectivity index (χ0) is 19.4. The molecule has 3 rings (SSSR count). The van der Waals surface area contributed by atoms with Crippen molar-refractivity contribution in [3.8, 4) is 0 Å². The number of nitrogens with zero attached hydrogens (tertiary/aromatic N) is 2. The van der Waals surface area contributed by atoms with Gasteiger partial charge in [-0.2, -0.15) is 0 Å². The van der Waals surface area contributed by atoms with Crippen molar-refractivity contribution in [2.45, 2.75) is 32.1 Å². The molecule has 146 valence electrons. The van der Waals surface area contributed by atoms with Gasteiger partial charge in [0.15, 0.2) is 0 Å². The second kappa shape index (κ2) is 8.50. The Kier molecular flexibility index (Phi) is 6.08. The first-order valence-electron chi connectivity index (χ1n) is 9.48. The number of hydrogen-bond donors (Lipinski definition) is 1. The summed E-state index contributed by atoms with van der Waals surface area (Å²) in [7, 11) is 0. The molecule has 2 amide bonds. The molecule has 0 aromatic heterocycles. The maximum atomic E-state index is 13.0. The van der Waals surface area contributed by atoms with Crippen LogP contribution in [0.25, 0.3) is 0 Å². The monoisotopic (exact) mass is 376 g/mol. The van der Waals surface area contributed by atoms with Crippen LogP contribution in [-0.4, -0.2) is 58.9 Å². The van der Waals surface area contributed by atoms with Crippen LogP contribution in [-0.2, 0) is 20.8 Å². The molecule has 2 aliphatic heterocycles. The average molecular weight is 376 g/mol. The molecule has 0 bridgehead atoms. The summed E-state index contributed by atoms with van der Waals surface area (Å²) in [5.74, 6) is -2.07. The first-order valence-corrected chi connectivity index (χ1v) is 9.48. The van der Waals surface area contributed by atoms with Crippen LogP contribution >= 0.6 is 0 Å². The lowest BCUT2D eigenvalue weighted by atomic mass is 9.93. The fourth-order valence-corrected chi connectivity index (χ4v) is 3.93. The van der Waals surface area contributed by atoms with Gasteiger partial charge in [-0.1, -0.05) is 12.1 Å². The van der Waals surface area contributed by atoms with Crippen molar-refractivity contribution in [2.75, 3.05) is 26.2 Å². The Balaban J connectivity index is 1.58. The van der Waals surface area contributed by atoms with E-state index in [1.807, 2.05) is 0 Å². The van der Waals surface area contributed by atoms with E-state index in [0.717, 1.165) is 12.0 Å². The summed E-state index contributed by atoms with van der Waals surface area (Å²) in [6.07, 6.45) is 2.95. The maximum absolute atomic E-state index is 13.0. The lowest BCUT2D eigenvalue weighted by molar-refractivity contribution is -0.147. The van der Waals surface area contributed by atoms with Crippen molar-refractivity contribution in [3.05, 3.63) is 35.6 Å². The molecular formula is C20H25FN2O4. The first kappa shape index (κ1) is 19.3. The fraction of sp³-hybridized carbons (Fsp3) is 0.550. The highest BCUT2D eigenvalue weighted by atomic mass is 19.1. The van der Waals surface area contributed by atoms with Crippen LogP contribution in [0.4, 0.5) is 4.39 Å². The van der Waals surface area contributed by atoms with E-state index in [-0.39, 0.29) is 36.5 Å². The van der Waals surface area contributed by atoms with Crippen molar-refractivity contribution >= 4 is 17.8 Å². The number of carbonyl (C=O) groups excluding carboxylic acids is 2. The lowest BCUT2D eigenvalue weighted by Gasteiger charge is -2.37. The van der Waals surface area contributed by atoms with Gasteiger partial charge in [-0.25, -0.2) is 4.39 Å². The first-order chi connectivity index (χ1) is 12.9. The summed E-state index contributed by atoms with van der Waals surface area (Å²) in [4.78, 5) is 40.0. The van der Waals surface area contributed by atoms with Crippen LogP contribution < -0.4 is 0 Å². The molecule has 0 aliphatic carbocycles. The summed E-state index contributed by atoms with van der Waals surface area (Å²) in [5, 5.41) is 9.21. The lowest BCUT2D eigenvalue weighted by Crippen LogP contribution is -2.50. The highest BCUT2D eigenvalue weighted by Crippen LogP contribution is 2.24. The Labute approximate surface area is 157 Å². The number of carboxylic acids is 1. The molecule has 0 saturated carbocycles. The van der Waals surface area contributed by atoms with E-state index in [4.69, 9.17) is 0 Å². The highest BCUT2D eigenvalue weighted by molar-refractivity contribution is 5.83. The zero-order valence-corrected chi connectivity index (χ0v) is 15.3. The second-order valence-electron chi connectivity index (χ2n) is 7.44. The number of carboxylic acid groups (broad SMARTS) is 1. The minimum Gasteiger partial charge on any atom is -0.481 e. The number of benzene rings is 1. The molecule has 2 aliphatic rings. The van der Waals surface area contributed by atoms with Crippen LogP contribution in [0.1, 0.15) is 31.2 Å². The smallest absolute Gasteiger partial charge is 0.308 e. The van der Waals surface area contributed by atoms with Gasteiger partial charge >= 0.3 is 5.97 Å². The number of hydrogen-bond acceptors (Lipinski definition) is 3. The van der Waals surface area contributed by atoms with Gasteiger partial charge in [0.25, 0.3) is 0 Å². The van der Waals surface area contributed by atoms with E-state index in [2.05, 4.69) is 0 Å². The summed E-state index contributed by atoms with van der Waals surface area (Å²) in [6, 6.07) is 5.86. The van der Waals surface area contributed by atoms with E-state index >= 15 is 0 Å². The van der Waals surface area contributed by atoms with E-state index < -0.39 is 11.9 Å². The Hall–Kier alpha value is -2.44. The van der Waals surface area contributed by atoms with Crippen molar-refractivity contribution in [3.63, 3.8) is 0 Å². The van der Waals surface area contributed by atoms with Gasteiger partial charge in [0.1, 0.15) is 5.82 Å². The zero-order valence-electron chi connectivity index (χ0n) is 15.3. The molecule has 2 fully saturated rings. The molecule has 27 heavy (non-hydrogen) atoms. The second-order valence-corrected chi connectivity index (χ2v) is 7.44. The molecular weight excluding hydrogens is 351 g/mol. The normalized spacial score (nSPS) is 23.1. The van der Waals surface area contributed by atoms with E-state index in [0.29, 0.717) is 38.9 Å². The standard InChI is InChI=1S/C20H25FN2O4/c21-17-7-5-14(6-8-17)11-18(24)22-9-1-3-15(12-22)19(25)23-10-2-4-16(13-23)20(26)27/h5-8,15-16H,1-4,9-13H2,(H,26,27)/t15-,16+/m0/s1. The van der Waals surface area contributed by atoms with E-state index in [1.54, 1.807) is 21.9 Å². The molecule has 2 heterocycles. The van der Waals surface area contributed by atoms with Gasteiger partial charge in [0.05, 0.1) is 18.3 Å². The fourth-order valence-electron chi connectivity index (χ4n) is 3.93. The molecule has 1 aromatic rings. The van der Waals surface area contributed by atoms with Crippen LogP contribution in [0.5, 0.6) is 0 Å². The predicted molar refractivity (Wildman–Crippen MR) is 96.3 cm³/mol. The number of piperidine rings is 2. The number of aliphatic carboxylic acids is 1. The Bertz CT molecular complexity index is 706. The topological polar surface area (TPSA) is 77.9 Å². The molecule has 6 nitrogen and oxygen atoms in total. The largest absolute Gasteiger partial charge is 0.481 e. The quantitative estimate of drug-likeness (QED) is 0.871. The molecule has 1 N–H and O–H groups in total. The number of rotatable bonds is 4. The molecule has 2 atom stereocenters. The van der Waals surface area contributed by atoms with Crippen molar-refractivity contribution in [2.24, 2.45) is 11.8 Å². The van der Waals surface area contributed by atoms with Gasteiger partial charge in [0, 0.05) is 26.2 Å². The van der Waals surface area contributed by atoms with Crippen molar-refractivity contribution in [1.29, 1.82) is 0 Å². The maximum Gasteiger partial charge on any atom is 0.308 e. The predicted octanol–water partition coefficient (Wildman–Crippen LogP) is 1.93. The average Bonchev–Trinajstić information content (AvgIpc) is 2.69. The third kappa shape index (κ3) is 4.84. The van der Waals surface area contributed by atoms with Crippen molar-refractivity contribution < 1.29 is 23.9 Å². The molecule has 0 radical (unpaired) electrons. The molecule has 2 saturated heterocycles. The summed E-state index contributed by atoms with van der Waals surface area (Å²) < 4.78 is 13.0. The van der Waals surface area contributed by atoms with Crippen molar-refractivity contribution in [1.82, 2.24) is 9.80 Å². The Morgan fingerprint density at radius 2 is 1.56 bits per heavy atom. The molecule has 7 heteroatoms. The minimum absolute atomic E-state index is 0.0415. The Morgan fingerprint density at radius 3 is 2.22 bits per heavy atom. The number of halogens is 1. The highest BCUT2D eigenvalue weighted by Gasteiger charge is 2.34. The van der Waals surface area contributed by atoms with Gasteiger partial charge in [-0.3, -0.25) is 14.4 Å². The van der Waals surface area contributed by atoms with Crippen LogP contribution in [0.3, 0.4) is 0 Å². The molecule has 1 aromatic carbocycles.